The highest BCUT2D eigenvalue weighted by Gasteiger charge is 2.02. The summed E-state index contributed by atoms with van der Waals surface area (Å²) in [6.45, 7) is 4.09. The monoisotopic (exact) mass is 284 g/mol. The average molecular weight is 285 g/mol. The van der Waals surface area contributed by atoms with Crippen molar-refractivity contribution in [2.24, 2.45) is 5.10 Å². The molecule has 0 aliphatic carbocycles. The number of hydrazone groups is 1. The molecule has 0 spiro atoms. The number of esters is 1. The van der Waals surface area contributed by atoms with E-state index in [4.69, 9.17) is 16.3 Å². The maximum absolute atomic E-state index is 11.1. The van der Waals surface area contributed by atoms with Gasteiger partial charge in [0, 0.05) is 12.1 Å². The normalized spacial score (nSPS) is 11.2. The molecule has 0 fully saturated rings. The van der Waals surface area contributed by atoms with E-state index in [2.05, 4.69) is 20.7 Å². The predicted octanol–water partition coefficient (Wildman–Crippen LogP) is 2.65. The molecule has 104 valence electrons. The summed E-state index contributed by atoms with van der Waals surface area (Å²) in [5.41, 5.74) is 3.65. The summed E-state index contributed by atoms with van der Waals surface area (Å²) in [5, 5.41) is 12.0. The summed E-state index contributed by atoms with van der Waals surface area (Å²) < 4.78 is 4.84. The Hall–Kier alpha value is -1.69. The van der Waals surface area contributed by atoms with Gasteiger partial charge >= 0.3 is 5.97 Å². The fraction of sp³-hybridized carbons (Fsp3) is 0.500. The van der Waals surface area contributed by atoms with E-state index in [1.807, 2.05) is 6.92 Å². The zero-order valence-corrected chi connectivity index (χ0v) is 11.8. The van der Waals surface area contributed by atoms with Crippen LogP contribution in [-0.4, -0.2) is 28.5 Å². The van der Waals surface area contributed by atoms with E-state index in [1.54, 1.807) is 19.1 Å². The van der Waals surface area contributed by atoms with E-state index in [9.17, 15) is 4.79 Å². The van der Waals surface area contributed by atoms with Crippen molar-refractivity contribution in [2.75, 3.05) is 12.0 Å². The first kappa shape index (κ1) is 15.4. The number of hydrogen-bond donors (Lipinski definition) is 1. The molecule has 0 amide bonds. The van der Waals surface area contributed by atoms with Gasteiger partial charge in [-0.1, -0.05) is 11.6 Å². The van der Waals surface area contributed by atoms with Crippen LogP contribution in [0.25, 0.3) is 0 Å². The molecular weight excluding hydrogens is 268 g/mol. The van der Waals surface area contributed by atoms with E-state index >= 15 is 0 Å². The van der Waals surface area contributed by atoms with Gasteiger partial charge in [0.25, 0.3) is 0 Å². The molecule has 19 heavy (non-hydrogen) atoms. The van der Waals surface area contributed by atoms with Gasteiger partial charge < -0.3 is 4.74 Å². The number of carbonyl (C=O) groups excluding carboxylic acids is 1. The molecule has 1 N–H and O–H groups in total. The molecule has 1 aromatic heterocycles. The molecule has 0 saturated carbocycles. The molecule has 0 atom stereocenters. The first-order chi connectivity index (χ1) is 9.11. The van der Waals surface area contributed by atoms with Crippen molar-refractivity contribution in [3.63, 3.8) is 0 Å². The van der Waals surface area contributed by atoms with Gasteiger partial charge in [0.05, 0.1) is 6.61 Å². The lowest BCUT2D eigenvalue weighted by molar-refractivity contribution is -0.143. The largest absolute Gasteiger partial charge is 0.466 e. The quantitative estimate of drug-likeness (QED) is 0.473. The first-order valence-corrected chi connectivity index (χ1v) is 6.43. The number of nitrogens with one attached hydrogen (secondary N) is 1. The molecule has 0 aliphatic rings. The second kappa shape index (κ2) is 8.42. The van der Waals surface area contributed by atoms with Crippen molar-refractivity contribution in [1.29, 1.82) is 0 Å². The average Bonchev–Trinajstić information content (AvgIpc) is 2.38. The molecule has 1 rings (SSSR count). The molecule has 1 heterocycles. The molecule has 0 saturated heterocycles. The van der Waals surface area contributed by atoms with Gasteiger partial charge in [0.1, 0.15) is 0 Å². The van der Waals surface area contributed by atoms with Crippen LogP contribution in [0.3, 0.4) is 0 Å². The van der Waals surface area contributed by atoms with E-state index in [0.29, 0.717) is 36.8 Å². The van der Waals surface area contributed by atoms with Crippen LogP contribution < -0.4 is 5.43 Å². The van der Waals surface area contributed by atoms with E-state index in [1.165, 1.54) is 0 Å². The SMILES string of the molecule is CCOC(=O)CCC/C(C)=N\Nc1ccc(Cl)nn1. The molecule has 0 aliphatic heterocycles. The minimum Gasteiger partial charge on any atom is -0.466 e. The van der Waals surface area contributed by atoms with Crippen LogP contribution in [0.4, 0.5) is 5.82 Å². The van der Waals surface area contributed by atoms with Crippen LogP contribution in [0, 0.1) is 0 Å². The van der Waals surface area contributed by atoms with Gasteiger partial charge in [-0.05, 0) is 38.8 Å². The number of rotatable bonds is 7. The summed E-state index contributed by atoms with van der Waals surface area (Å²) in [6.07, 6.45) is 1.83. The minimum atomic E-state index is -0.174. The summed E-state index contributed by atoms with van der Waals surface area (Å²) in [7, 11) is 0. The first-order valence-electron chi connectivity index (χ1n) is 6.06. The second-order valence-electron chi connectivity index (χ2n) is 3.86. The fourth-order valence-corrected chi connectivity index (χ4v) is 1.41. The number of anilines is 1. The zero-order chi connectivity index (χ0) is 14.1. The van der Waals surface area contributed by atoms with Crippen molar-refractivity contribution in [2.45, 2.75) is 33.1 Å². The Morgan fingerprint density at radius 2 is 2.21 bits per heavy atom. The maximum atomic E-state index is 11.1. The number of carbonyl (C=O) groups is 1. The topological polar surface area (TPSA) is 76.5 Å². The summed E-state index contributed by atoms with van der Waals surface area (Å²) in [4.78, 5) is 11.1. The van der Waals surface area contributed by atoms with Crippen LogP contribution in [0.2, 0.25) is 5.15 Å². The molecule has 7 heteroatoms. The Labute approximate surface area is 117 Å². The van der Waals surface area contributed by atoms with Gasteiger partial charge in [-0.2, -0.15) is 5.10 Å². The Kier molecular flexibility index (Phi) is 6.81. The number of nitrogens with zero attached hydrogens (tertiary/aromatic N) is 3. The van der Waals surface area contributed by atoms with Gasteiger partial charge in [0.2, 0.25) is 0 Å². The number of halogens is 1. The highest BCUT2D eigenvalue weighted by Crippen LogP contribution is 2.06. The van der Waals surface area contributed by atoms with Crippen molar-refractivity contribution >= 4 is 29.1 Å². The van der Waals surface area contributed by atoms with Crippen molar-refractivity contribution in [3.8, 4) is 0 Å². The zero-order valence-electron chi connectivity index (χ0n) is 11.0. The van der Waals surface area contributed by atoms with Gasteiger partial charge in [-0.3, -0.25) is 10.2 Å². The highest BCUT2D eigenvalue weighted by atomic mass is 35.5. The van der Waals surface area contributed by atoms with Crippen LogP contribution in [0.15, 0.2) is 17.2 Å². The maximum Gasteiger partial charge on any atom is 0.305 e. The molecule has 1 aromatic rings. The van der Waals surface area contributed by atoms with Crippen molar-refractivity contribution < 1.29 is 9.53 Å². The van der Waals surface area contributed by atoms with Gasteiger partial charge in [-0.25, -0.2) is 0 Å². The number of ether oxygens (including phenoxy) is 1. The number of hydrogen-bond acceptors (Lipinski definition) is 6. The Morgan fingerprint density at radius 3 is 2.84 bits per heavy atom. The van der Waals surface area contributed by atoms with E-state index < -0.39 is 0 Å². The predicted molar refractivity (Wildman–Crippen MR) is 74.3 cm³/mol. The summed E-state index contributed by atoms with van der Waals surface area (Å²) in [6, 6.07) is 3.31. The lowest BCUT2D eigenvalue weighted by Gasteiger charge is -2.03. The van der Waals surface area contributed by atoms with Crippen molar-refractivity contribution in [3.05, 3.63) is 17.3 Å². The minimum absolute atomic E-state index is 0.174. The lowest BCUT2D eigenvalue weighted by Crippen LogP contribution is -2.05. The third-order valence-electron chi connectivity index (χ3n) is 2.22. The van der Waals surface area contributed by atoms with Crippen LogP contribution in [0.1, 0.15) is 33.1 Å². The van der Waals surface area contributed by atoms with Gasteiger partial charge in [0.15, 0.2) is 11.0 Å². The number of aromatic nitrogens is 2. The van der Waals surface area contributed by atoms with Crippen molar-refractivity contribution in [1.82, 2.24) is 10.2 Å². The highest BCUT2D eigenvalue weighted by molar-refractivity contribution is 6.29. The summed E-state index contributed by atoms with van der Waals surface area (Å²) in [5.74, 6) is 0.348. The van der Waals surface area contributed by atoms with Crippen LogP contribution in [0.5, 0.6) is 0 Å². The van der Waals surface area contributed by atoms with E-state index in [-0.39, 0.29) is 5.97 Å². The molecule has 0 radical (unpaired) electrons. The standard InChI is InChI=1S/C12H17ClN4O2/c1-3-19-12(18)6-4-5-9(2)14-16-11-8-7-10(13)15-17-11/h7-8H,3-6H2,1-2H3,(H,16,17)/b14-9-. The Morgan fingerprint density at radius 1 is 1.42 bits per heavy atom. The molecule has 0 unspecified atom stereocenters. The molecule has 0 aromatic carbocycles. The molecule has 0 bridgehead atoms. The van der Waals surface area contributed by atoms with Crippen LogP contribution in [-0.2, 0) is 9.53 Å². The molecular formula is C12H17ClN4O2. The Bertz CT molecular complexity index is 434. The molecule has 6 nitrogen and oxygen atoms in total. The smallest absolute Gasteiger partial charge is 0.305 e. The third-order valence-corrected chi connectivity index (χ3v) is 2.42. The van der Waals surface area contributed by atoms with Crippen LogP contribution >= 0.6 is 11.6 Å². The lowest BCUT2D eigenvalue weighted by atomic mass is 10.2. The second-order valence-corrected chi connectivity index (χ2v) is 4.25. The van der Waals surface area contributed by atoms with Gasteiger partial charge in [-0.15, -0.1) is 10.2 Å². The Balaban J connectivity index is 2.29. The van der Waals surface area contributed by atoms with E-state index in [0.717, 1.165) is 5.71 Å². The summed E-state index contributed by atoms with van der Waals surface area (Å²) >= 11 is 5.62. The third kappa shape index (κ3) is 6.71. The fourth-order valence-electron chi connectivity index (χ4n) is 1.31.